The normalized spacial score (nSPS) is 16.8. The van der Waals surface area contributed by atoms with Crippen molar-refractivity contribution in [3.05, 3.63) is 47.5 Å². The molecule has 1 N–H and O–H groups in total. The van der Waals surface area contributed by atoms with Crippen LogP contribution >= 0.6 is 0 Å². The van der Waals surface area contributed by atoms with E-state index in [0.717, 1.165) is 23.6 Å². The fourth-order valence-corrected chi connectivity index (χ4v) is 2.96. The lowest BCUT2D eigenvalue weighted by Crippen LogP contribution is -2.38. The van der Waals surface area contributed by atoms with E-state index >= 15 is 0 Å². The van der Waals surface area contributed by atoms with Gasteiger partial charge in [0.15, 0.2) is 0 Å². The number of benzene rings is 2. The zero-order valence-electron chi connectivity index (χ0n) is 12.5. The number of carbonyl (C=O) groups is 3. The van der Waals surface area contributed by atoms with Crippen LogP contribution in [0.2, 0.25) is 0 Å². The second-order valence-electron chi connectivity index (χ2n) is 6.07. The van der Waals surface area contributed by atoms with Crippen LogP contribution in [-0.4, -0.2) is 35.7 Å². The molecule has 0 atom stereocenters. The van der Waals surface area contributed by atoms with Gasteiger partial charge in [0.2, 0.25) is 5.91 Å². The van der Waals surface area contributed by atoms with Gasteiger partial charge in [-0.25, -0.2) is 0 Å². The first-order valence-corrected chi connectivity index (χ1v) is 7.82. The summed E-state index contributed by atoms with van der Waals surface area (Å²) < 4.78 is 0. The first-order chi connectivity index (χ1) is 11.1. The molecule has 23 heavy (non-hydrogen) atoms. The Hall–Kier alpha value is -2.69. The van der Waals surface area contributed by atoms with E-state index in [1.807, 2.05) is 24.3 Å². The summed E-state index contributed by atoms with van der Waals surface area (Å²) in [6.07, 6.45) is 1.87. The summed E-state index contributed by atoms with van der Waals surface area (Å²) in [4.78, 5) is 37.8. The van der Waals surface area contributed by atoms with Crippen LogP contribution < -0.4 is 5.32 Å². The Kier molecular flexibility index (Phi) is 3.15. The van der Waals surface area contributed by atoms with Crippen molar-refractivity contribution in [2.24, 2.45) is 5.92 Å². The predicted octanol–water partition coefficient (Wildman–Crippen LogP) is 1.96. The van der Waals surface area contributed by atoms with Gasteiger partial charge in [-0.05, 0) is 35.7 Å². The highest BCUT2D eigenvalue weighted by molar-refractivity contribution is 6.23. The smallest absolute Gasteiger partial charge is 0.261 e. The maximum Gasteiger partial charge on any atom is 0.261 e. The minimum absolute atomic E-state index is 0.0207. The van der Waals surface area contributed by atoms with E-state index in [9.17, 15) is 14.4 Å². The van der Waals surface area contributed by atoms with Gasteiger partial charge in [0.25, 0.3) is 11.8 Å². The summed E-state index contributed by atoms with van der Waals surface area (Å²) in [6.45, 7) is 0.515. The van der Waals surface area contributed by atoms with Gasteiger partial charge in [0.05, 0.1) is 11.1 Å². The topological polar surface area (TPSA) is 66.5 Å². The Morgan fingerprint density at radius 3 is 2.13 bits per heavy atom. The molecule has 3 amide bonds. The molecule has 0 aromatic heterocycles. The van der Waals surface area contributed by atoms with Gasteiger partial charge in [-0.1, -0.05) is 24.3 Å². The molecule has 0 radical (unpaired) electrons. The van der Waals surface area contributed by atoms with Crippen molar-refractivity contribution in [3.63, 3.8) is 0 Å². The standard InChI is InChI=1S/C18H16N2O3/c21-16(11-5-6-11)19-7-8-20-17(22)14-9-12-3-1-2-4-13(12)10-15(14)18(20)23/h1-4,9-11H,5-8H2,(H,19,21). The fraction of sp³-hybridized carbons (Fsp3) is 0.278. The molecule has 2 aliphatic rings. The third-order valence-corrected chi connectivity index (χ3v) is 4.42. The average molecular weight is 308 g/mol. The molecule has 5 nitrogen and oxygen atoms in total. The summed E-state index contributed by atoms with van der Waals surface area (Å²) in [5.41, 5.74) is 0.893. The molecule has 1 aliphatic carbocycles. The van der Waals surface area contributed by atoms with Crippen LogP contribution in [-0.2, 0) is 4.79 Å². The van der Waals surface area contributed by atoms with Crippen molar-refractivity contribution in [1.82, 2.24) is 10.2 Å². The van der Waals surface area contributed by atoms with E-state index < -0.39 is 0 Å². The van der Waals surface area contributed by atoms with E-state index in [1.165, 1.54) is 4.90 Å². The lowest BCUT2D eigenvalue weighted by molar-refractivity contribution is -0.122. The molecule has 1 fully saturated rings. The molecule has 1 aliphatic heterocycles. The SMILES string of the molecule is O=C(NCCN1C(=O)c2cc3ccccc3cc2C1=O)C1CC1. The van der Waals surface area contributed by atoms with Crippen LogP contribution in [0.5, 0.6) is 0 Å². The molecule has 2 aromatic carbocycles. The summed E-state index contributed by atoms with van der Waals surface area (Å²) in [7, 11) is 0. The Morgan fingerprint density at radius 1 is 1.04 bits per heavy atom. The molecule has 2 aromatic rings. The first-order valence-electron chi connectivity index (χ1n) is 7.82. The van der Waals surface area contributed by atoms with Gasteiger partial charge < -0.3 is 5.32 Å². The van der Waals surface area contributed by atoms with Crippen LogP contribution in [0.25, 0.3) is 10.8 Å². The number of fused-ring (bicyclic) bond motifs is 2. The zero-order valence-corrected chi connectivity index (χ0v) is 12.5. The Morgan fingerprint density at radius 2 is 1.61 bits per heavy atom. The van der Waals surface area contributed by atoms with Crippen molar-refractivity contribution in [2.45, 2.75) is 12.8 Å². The number of nitrogens with zero attached hydrogens (tertiary/aromatic N) is 1. The minimum Gasteiger partial charge on any atom is -0.354 e. The fourth-order valence-electron chi connectivity index (χ4n) is 2.96. The lowest BCUT2D eigenvalue weighted by Gasteiger charge is -2.14. The molecule has 1 saturated carbocycles. The number of imide groups is 1. The number of hydrogen-bond donors (Lipinski definition) is 1. The molecular formula is C18H16N2O3. The van der Waals surface area contributed by atoms with Crippen molar-refractivity contribution in [1.29, 1.82) is 0 Å². The number of rotatable bonds is 4. The highest BCUT2D eigenvalue weighted by Gasteiger charge is 2.36. The quantitative estimate of drug-likeness (QED) is 0.878. The molecule has 5 heteroatoms. The Bertz CT molecular complexity index is 785. The lowest BCUT2D eigenvalue weighted by atomic mass is 10.0. The van der Waals surface area contributed by atoms with Gasteiger partial charge in [-0.15, -0.1) is 0 Å². The maximum atomic E-state index is 12.5. The second-order valence-corrected chi connectivity index (χ2v) is 6.07. The number of amides is 3. The van der Waals surface area contributed by atoms with E-state index in [2.05, 4.69) is 5.32 Å². The van der Waals surface area contributed by atoms with Crippen LogP contribution in [0.4, 0.5) is 0 Å². The molecule has 116 valence electrons. The molecule has 0 bridgehead atoms. The first kappa shape index (κ1) is 13.9. The van der Waals surface area contributed by atoms with E-state index in [4.69, 9.17) is 0 Å². The van der Waals surface area contributed by atoms with Gasteiger partial charge in [-0.3, -0.25) is 19.3 Å². The average Bonchev–Trinajstić information content (AvgIpc) is 3.38. The monoisotopic (exact) mass is 308 g/mol. The summed E-state index contributed by atoms with van der Waals surface area (Å²) in [5, 5.41) is 4.67. The van der Waals surface area contributed by atoms with Crippen molar-refractivity contribution in [3.8, 4) is 0 Å². The number of nitrogens with one attached hydrogen (secondary N) is 1. The summed E-state index contributed by atoms with van der Waals surface area (Å²) in [5.74, 6) is -0.414. The molecule has 0 spiro atoms. The van der Waals surface area contributed by atoms with Gasteiger partial charge >= 0.3 is 0 Å². The van der Waals surface area contributed by atoms with Crippen LogP contribution in [0, 0.1) is 5.92 Å². The van der Waals surface area contributed by atoms with Crippen molar-refractivity contribution >= 4 is 28.5 Å². The predicted molar refractivity (Wildman–Crippen MR) is 85.0 cm³/mol. The van der Waals surface area contributed by atoms with Crippen LogP contribution in [0.3, 0.4) is 0 Å². The van der Waals surface area contributed by atoms with Gasteiger partial charge in [0, 0.05) is 19.0 Å². The highest BCUT2D eigenvalue weighted by Crippen LogP contribution is 2.29. The Labute approximate surface area is 133 Å². The summed E-state index contributed by atoms with van der Waals surface area (Å²) in [6, 6.07) is 11.2. The zero-order chi connectivity index (χ0) is 16.0. The maximum absolute atomic E-state index is 12.5. The van der Waals surface area contributed by atoms with Crippen LogP contribution in [0.15, 0.2) is 36.4 Å². The third kappa shape index (κ3) is 2.38. The largest absolute Gasteiger partial charge is 0.354 e. The molecule has 0 unspecified atom stereocenters. The summed E-state index contributed by atoms with van der Waals surface area (Å²) >= 11 is 0. The molecule has 0 saturated heterocycles. The third-order valence-electron chi connectivity index (χ3n) is 4.42. The van der Waals surface area contributed by atoms with E-state index in [-0.39, 0.29) is 30.2 Å². The molecular weight excluding hydrogens is 292 g/mol. The molecule has 4 rings (SSSR count). The highest BCUT2D eigenvalue weighted by atomic mass is 16.2. The molecule has 1 heterocycles. The number of hydrogen-bond acceptors (Lipinski definition) is 3. The van der Waals surface area contributed by atoms with Gasteiger partial charge in [0.1, 0.15) is 0 Å². The van der Waals surface area contributed by atoms with Crippen molar-refractivity contribution < 1.29 is 14.4 Å². The van der Waals surface area contributed by atoms with Gasteiger partial charge in [-0.2, -0.15) is 0 Å². The minimum atomic E-state index is -0.281. The number of carbonyl (C=O) groups excluding carboxylic acids is 3. The van der Waals surface area contributed by atoms with E-state index in [0.29, 0.717) is 17.7 Å². The van der Waals surface area contributed by atoms with Crippen molar-refractivity contribution in [2.75, 3.05) is 13.1 Å². The Balaban J connectivity index is 1.53. The van der Waals surface area contributed by atoms with Crippen LogP contribution in [0.1, 0.15) is 33.6 Å². The second kappa shape index (κ2) is 5.19. The van der Waals surface area contributed by atoms with E-state index in [1.54, 1.807) is 12.1 Å².